The van der Waals surface area contributed by atoms with Gasteiger partial charge in [0.25, 0.3) is 0 Å². The molecule has 21 heavy (non-hydrogen) atoms. The molecule has 4 heteroatoms. The third-order valence-corrected chi connectivity index (χ3v) is 4.15. The summed E-state index contributed by atoms with van der Waals surface area (Å²) in [5.74, 6) is -0.231. The summed E-state index contributed by atoms with van der Waals surface area (Å²) in [5.41, 5.74) is 1.87. The van der Waals surface area contributed by atoms with Crippen molar-refractivity contribution in [3.05, 3.63) is 42.1 Å². The van der Waals surface area contributed by atoms with E-state index in [1.807, 2.05) is 30.3 Å². The minimum Gasteiger partial charge on any atom is -0.468 e. The van der Waals surface area contributed by atoms with E-state index in [1.165, 1.54) is 20.0 Å². The molecular formula is C17H20N2O2. The van der Waals surface area contributed by atoms with E-state index in [4.69, 9.17) is 4.74 Å². The summed E-state index contributed by atoms with van der Waals surface area (Å²) < 4.78 is 4.97. The smallest absolute Gasteiger partial charge is 0.327 e. The van der Waals surface area contributed by atoms with E-state index in [0.717, 1.165) is 29.3 Å². The summed E-state index contributed by atoms with van der Waals surface area (Å²) >= 11 is 0. The maximum Gasteiger partial charge on any atom is 0.327 e. The summed E-state index contributed by atoms with van der Waals surface area (Å²) in [6, 6.07) is 9.85. The summed E-state index contributed by atoms with van der Waals surface area (Å²) in [6.07, 6.45) is 6.49. The molecule has 1 aromatic carbocycles. The molecule has 0 spiro atoms. The molecule has 1 unspecified atom stereocenters. The summed E-state index contributed by atoms with van der Waals surface area (Å²) in [7, 11) is 1.44. The van der Waals surface area contributed by atoms with Crippen LogP contribution in [-0.4, -0.2) is 24.1 Å². The molecule has 0 radical (unpaired) electrons. The van der Waals surface area contributed by atoms with Crippen LogP contribution in [0.2, 0.25) is 0 Å². The lowest BCUT2D eigenvalue weighted by Gasteiger charge is -2.21. The normalized spacial score (nSPS) is 17.0. The van der Waals surface area contributed by atoms with Crippen LogP contribution in [0.4, 0.5) is 0 Å². The SMILES string of the molecule is COC(=O)C(NC1CCCC1)c1ccc2ncccc2c1. The van der Waals surface area contributed by atoms with Crippen molar-refractivity contribution in [1.29, 1.82) is 0 Å². The topological polar surface area (TPSA) is 51.2 Å². The highest BCUT2D eigenvalue weighted by Gasteiger charge is 2.26. The van der Waals surface area contributed by atoms with Crippen LogP contribution in [0.15, 0.2) is 36.5 Å². The van der Waals surface area contributed by atoms with Gasteiger partial charge in [-0.1, -0.05) is 25.0 Å². The number of nitrogens with zero attached hydrogens (tertiary/aromatic N) is 1. The van der Waals surface area contributed by atoms with Gasteiger partial charge in [0.1, 0.15) is 6.04 Å². The molecule has 1 aliphatic rings. The van der Waals surface area contributed by atoms with Crippen molar-refractivity contribution >= 4 is 16.9 Å². The predicted octanol–water partition coefficient (Wildman–Crippen LogP) is 2.98. The van der Waals surface area contributed by atoms with Gasteiger partial charge < -0.3 is 4.74 Å². The molecular weight excluding hydrogens is 264 g/mol. The Balaban J connectivity index is 1.90. The Labute approximate surface area is 124 Å². The third-order valence-electron chi connectivity index (χ3n) is 4.15. The number of esters is 1. The Morgan fingerprint density at radius 2 is 2.14 bits per heavy atom. The van der Waals surface area contributed by atoms with E-state index in [2.05, 4.69) is 10.3 Å². The first-order chi connectivity index (χ1) is 10.3. The lowest BCUT2D eigenvalue weighted by Crippen LogP contribution is -2.36. The number of hydrogen-bond acceptors (Lipinski definition) is 4. The fourth-order valence-electron chi connectivity index (χ4n) is 3.02. The van der Waals surface area contributed by atoms with E-state index < -0.39 is 6.04 Å². The average molecular weight is 284 g/mol. The van der Waals surface area contributed by atoms with Crippen LogP contribution in [0.1, 0.15) is 37.3 Å². The standard InChI is InChI=1S/C17H20N2O2/c1-21-17(20)16(19-14-6-2-3-7-14)13-8-9-15-12(11-13)5-4-10-18-15/h4-5,8-11,14,16,19H,2-3,6-7H2,1H3. The zero-order valence-electron chi connectivity index (χ0n) is 12.2. The Morgan fingerprint density at radius 1 is 1.33 bits per heavy atom. The van der Waals surface area contributed by atoms with Gasteiger partial charge in [0.2, 0.25) is 0 Å². The van der Waals surface area contributed by atoms with Gasteiger partial charge in [-0.2, -0.15) is 0 Å². The van der Waals surface area contributed by atoms with Gasteiger partial charge in [0.05, 0.1) is 12.6 Å². The second-order valence-electron chi connectivity index (χ2n) is 5.56. The molecule has 0 aliphatic heterocycles. The Morgan fingerprint density at radius 3 is 2.90 bits per heavy atom. The van der Waals surface area contributed by atoms with Gasteiger partial charge in [-0.3, -0.25) is 10.3 Å². The lowest BCUT2D eigenvalue weighted by atomic mass is 10.0. The van der Waals surface area contributed by atoms with Gasteiger partial charge in [-0.25, -0.2) is 4.79 Å². The summed E-state index contributed by atoms with van der Waals surface area (Å²) in [4.78, 5) is 16.4. The van der Waals surface area contributed by atoms with Gasteiger partial charge in [-0.15, -0.1) is 0 Å². The maximum atomic E-state index is 12.1. The molecule has 1 fully saturated rings. The van der Waals surface area contributed by atoms with Crippen LogP contribution >= 0.6 is 0 Å². The van der Waals surface area contributed by atoms with Crippen molar-refractivity contribution in [3.63, 3.8) is 0 Å². The molecule has 1 aromatic heterocycles. The third kappa shape index (κ3) is 3.05. The highest BCUT2D eigenvalue weighted by Crippen LogP contribution is 2.25. The minimum atomic E-state index is -0.400. The molecule has 4 nitrogen and oxygen atoms in total. The first-order valence-corrected chi connectivity index (χ1v) is 7.46. The number of nitrogens with one attached hydrogen (secondary N) is 1. The van der Waals surface area contributed by atoms with E-state index >= 15 is 0 Å². The molecule has 2 aromatic rings. The first-order valence-electron chi connectivity index (χ1n) is 7.46. The Hall–Kier alpha value is -1.94. The van der Waals surface area contributed by atoms with Crippen LogP contribution in [-0.2, 0) is 9.53 Å². The van der Waals surface area contributed by atoms with Crippen molar-refractivity contribution in [2.75, 3.05) is 7.11 Å². The van der Waals surface area contributed by atoms with Crippen LogP contribution < -0.4 is 5.32 Å². The quantitative estimate of drug-likeness (QED) is 0.877. The number of aromatic nitrogens is 1. The fraction of sp³-hybridized carbons (Fsp3) is 0.412. The van der Waals surface area contributed by atoms with Crippen LogP contribution in [0, 0.1) is 0 Å². The van der Waals surface area contributed by atoms with Gasteiger partial charge >= 0.3 is 5.97 Å². The van der Waals surface area contributed by atoms with Crippen molar-refractivity contribution in [3.8, 4) is 0 Å². The molecule has 1 heterocycles. The number of pyridine rings is 1. The van der Waals surface area contributed by atoms with E-state index in [1.54, 1.807) is 6.20 Å². The summed E-state index contributed by atoms with van der Waals surface area (Å²) in [6.45, 7) is 0. The number of benzene rings is 1. The Kier molecular flexibility index (Phi) is 4.15. The maximum absolute atomic E-state index is 12.1. The number of hydrogen-bond donors (Lipinski definition) is 1. The number of carbonyl (C=O) groups excluding carboxylic acids is 1. The average Bonchev–Trinajstić information content (AvgIpc) is 3.04. The first kappa shape index (κ1) is 14.0. The van der Waals surface area contributed by atoms with Crippen LogP contribution in [0.25, 0.3) is 10.9 Å². The van der Waals surface area contributed by atoms with E-state index in [0.29, 0.717) is 6.04 Å². The van der Waals surface area contributed by atoms with Gasteiger partial charge in [-0.05, 0) is 36.6 Å². The number of rotatable bonds is 4. The monoisotopic (exact) mass is 284 g/mol. The molecule has 110 valence electrons. The van der Waals surface area contributed by atoms with Crippen molar-refractivity contribution < 1.29 is 9.53 Å². The number of methoxy groups -OCH3 is 1. The number of carbonyl (C=O) groups is 1. The zero-order chi connectivity index (χ0) is 14.7. The second-order valence-corrected chi connectivity index (χ2v) is 5.56. The highest BCUT2D eigenvalue weighted by atomic mass is 16.5. The number of fused-ring (bicyclic) bond motifs is 1. The molecule has 1 N–H and O–H groups in total. The Bertz CT molecular complexity index is 635. The largest absolute Gasteiger partial charge is 0.468 e. The molecule has 1 saturated carbocycles. The molecule has 0 bridgehead atoms. The van der Waals surface area contributed by atoms with E-state index in [9.17, 15) is 4.79 Å². The summed E-state index contributed by atoms with van der Waals surface area (Å²) in [5, 5.41) is 4.49. The fourth-order valence-corrected chi connectivity index (χ4v) is 3.02. The van der Waals surface area contributed by atoms with E-state index in [-0.39, 0.29) is 5.97 Å². The van der Waals surface area contributed by atoms with Crippen molar-refractivity contribution in [2.45, 2.75) is 37.8 Å². The minimum absolute atomic E-state index is 0.231. The molecule has 0 saturated heterocycles. The highest BCUT2D eigenvalue weighted by molar-refractivity contribution is 5.83. The molecule has 1 aliphatic carbocycles. The van der Waals surface area contributed by atoms with Crippen molar-refractivity contribution in [2.24, 2.45) is 0 Å². The van der Waals surface area contributed by atoms with Gasteiger partial charge in [0.15, 0.2) is 0 Å². The predicted molar refractivity (Wildman–Crippen MR) is 81.9 cm³/mol. The molecule has 3 rings (SSSR count). The molecule has 0 amide bonds. The van der Waals surface area contributed by atoms with Crippen LogP contribution in [0.5, 0.6) is 0 Å². The van der Waals surface area contributed by atoms with Gasteiger partial charge in [0, 0.05) is 17.6 Å². The number of ether oxygens (including phenoxy) is 1. The molecule has 1 atom stereocenters. The lowest BCUT2D eigenvalue weighted by molar-refractivity contribution is -0.143. The zero-order valence-corrected chi connectivity index (χ0v) is 12.2. The van der Waals surface area contributed by atoms with Crippen molar-refractivity contribution in [1.82, 2.24) is 10.3 Å². The van der Waals surface area contributed by atoms with Crippen LogP contribution in [0.3, 0.4) is 0 Å². The second kappa shape index (κ2) is 6.22.